The largest absolute Gasteiger partial charge is 0.480 e. The number of methoxy groups -OCH3 is 1. The van der Waals surface area contributed by atoms with Gasteiger partial charge in [0.1, 0.15) is 6.04 Å². The van der Waals surface area contributed by atoms with Gasteiger partial charge in [0.25, 0.3) is 10.2 Å². The predicted molar refractivity (Wildman–Crippen MR) is 82.6 cm³/mol. The Bertz CT molecular complexity index is 642. The molecule has 0 aliphatic carbocycles. The number of carboxylic acid groups (broad SMARTS) is 1. The second-order valence-electron chi connectivity index (χ2n) is 4.60. The Kier molecular flexibility index (Phi) is 7.64. The quantitative estimate of drug-likeness (QED) is 0.640. The number of aliphatic carboxylic acids is 1. The van der Waals surface area contributed by atoms with Crippen molar-refractivity contribution in [3.8, 4) is 6.07 Å². The SMILES string of the molecule is COCCN(CCC#N)S(=O)(=O)N[C@@H](C(=O)O)c1ccccc1. The van der Waals surface area contributed by atoms with Gasteiger partial charge >= 0.3 is 5.97 Å². The normalized spacial score (nSPS) is 12.7. The van der Waals surface area contributed by atoms with Gasteiger partial charge in [0.15, 0.2) is 0 Å². The number of benzene rings is 1. The van der Waals surface area contributed by atoms with Gasteiger partial charge in [-0.1, -0.05) is 30.3 Å². The van der Waals surface area contributed by atoms with Crippen LogP contribution < -0.4 is 4.72 Å². The summed E-state index contributed by atoms with van der Waals surface area (Å²) in [7, 11) is -2.66. The Morgan fingerprint density at radius 2 is 2.04 bits per heavy atom. The smallest absolute Gasteiger partial charge is 0.326 e. The standard InChI is InChI=1S/C14H19N3O5S/c1-22-11-10-17(9-5-8-15)23(20,21)16-13(14(18)19)12-6-3-2-4-7-12/h2-4,6-7,13,16H,5,9-11H2,1H3,(H,18,19)/t13-/m1/s1. The van der Waals surface area contributed by atoms with Crippen molar-refractivity contribution in [3.63, 3.8) is 0 Å². The van der Waals surface area contributed by atoms with Crippen molar-refractivity contribution in [2.75, 3.05) is 26.8 Å². The van der Waals surface area contributed by atoms with Crippen LogP contribution in [0.3, 0.4) is 0 Å². The molecule has 9 heteroatoms. The minimum atomic E-state index is -4.09. The third kappa shape index (κ3) is 5.96. The molecule has 1 atom stereocenters. The van der Waals surface area contributed by atoms with E-state index in [0.717, 1.165) is 4.31 Å². The zero-order valence-corrected chi connectivity index (χ0v) is 13.5. The Morgan fingerprint density at radius 3 is 2.57 bits per heavy atom. The molecule has 126 valence electrons. The Labute approximate surface area is 135 Å². The van der Waals surface area contributed by atoms with E-state index in [-0.39, 0.29) is 26.1 Å². The molecule has 0 amide bonds. The van der Waals surface area contributed by atoms with Crippen molar-refractivity contribution in [1.29, 1.82) is 5.26 Å². The summed E-state index contributed by atoms with van der Waals surface area (Å²) >= 11 is 0. The molecule has 0 aliphatic heterocycles. The van der Waals surface area contributed by atoms with Crippen molar-refractivity contribution in [3.05, 3.63) is 35.9 Å². The molecule has 8 nitrogen and oxygen atoms in total. The summed E-state index contributed by atoms with van der Waals surface area (Å²) < 4.78 is 32.8. The fraction of sp³-hybridized carbons (Fsp3) is 0.429. The van der Waals surface area contributed by atoms with Crippen molar-refractivity contribution in [1.82, 2.24) is 9.03 Å². The lowest BCUT2D eigenvalue weighted by Gasteiger charge is -2.23. The lowest BCUT2D eigenvalue weighted by atomic mass is 10.1. The number of nitriles is 1. The summed E-state index contributed by atoms with van der Waals surface area (Å²) in [5, 5.41) is 17.9. The molecule has 0 saturated heterocycles. The lowest BCUT2D eigenvalue weighted by Crippen LogP contribution is -2.45. The van der Waals surface area contributed by atoms with Gasteiger partial charge in [-0.15, -0.1) is 0 Å². The van der Waals surface area contributed by atoms with E-state index in [9.17, 15) is 18.3 Å². The molecular weight excluding hydrogens is 322 g/mol. The topological polar surface area (TPSA) is 120 Å². The maximum atomic E-state index is 12.4. The number of nitrogens with zero attached hydrogens (tertiary/aromatic N) is 2. The van der Waals surface area contributed by atoms with Crippen LogP contribution in [0.4, 0.5) is 0 Å². The third-order valence-electron chi connectivity index (χ3n) is 3.00. The molecule has 0 fully saturated rings. The summed E-state index contributed by atoms with van der Waals surface area (Å²) in [4.78, 5) is 11.4. The van der Waals surface area contributed by atoms with Crippen molar-refractivity contribution < 1.29 is 23.1 Å². The highest BCUT2D eigenvalue weighted by Crippen LogP contribution is 2.15. The number of rotatable bonds is 10. The van der Waals surface area contributed by atoms with Gasteiger partial charge in [0, 0.05) is 26.6 Å². The van der Waals surface area contributed by atoms with E-state index >= 15 is 0 Å². The first-order valence-corrected chi connectivity index (χ1v) is 8.27. The van der Waals surface area contributed by atoms with Gasteiger partial charge in [0.2, 0.25) is 0 Å². The number of ether oxygens (including phenoxy) is 1. The summed E-state index contributed by atoms with van der Waals surface area (Å²) in [6.07, 6.45) is -0.00625. The van der Waals surface area contributed by atoms with Crippen molar-refractivity contribution in [2.24, 2.45) is 0 Å². The summed E-state index contributed by atoms with van der Waals surface area (Å²) in [6.45, 7) is 0.111. The van der Waals surface area contributed by atoms with Crippen LogP contribution in [0.15, 0.2) is 30.3 Å². The zero-order valence-electron chi connectivity index (χ0n) is 12.7. The molecule has 0 heterocycles. The monoisotopic (exact) mass is 341 g/mol. The van der Waals surface area contributed by atoms with Gasteiger partial charge in [-0.05, 0) is 5.56 Å². The fourth-order valence-corrected chi connectivity index (χ4v) is 3.18. The van der Waals surface area contributed by atoms with E-state index in [2.05, 4.69) is 4.72 Å². The first kappa shape index (κ1) is 19.1. The average molecular weight is 341 g/mol. The Morgan fingerprint density at radius 1 is 1.39 bits per heavy atom. The number of nitrogens with one attached hydrogen (secondary N) is 1. The molecule has 0 saturated carbocycles. The Balaban J connectivity index is 2.98. The number of carboxylic acids is 1. The molecule has 1 aromatic rings. The van der Waals surface area contributed by atoms with Gasteiger partial charge < -0.3 is 9.84 Å². The molecule has 0 radical (unpaired) electrons. The summed E-state index contributed by atoms with van der Waals surface area (Å²) in [5.41, 5.74) is 0.315. The summed E-state index contributed by atoms with van der Waals surface area (Å²) in [6, 6.07) is 8.45. The first-order valence-electron chi connectivity index (χ1n) is 6.83. The van der Waals surface area contributed by atoms with Crippen LogP contribution in [0.2, 0.25) is 0 Å². The zero-order chi connectivity index (χ0) is 17.3. The third-order valence-corrected chi connectivity index (χ3v) is 4.58. The second kappa shape index (κ2) is 9.22. The molecule has 1 aromatic carbocycles. The minimum Gasteiger partial charge on any atom is -0.480 e. The van der Waals surface area contributed by atoms with Crippen LogP contribution >= 0.6 is 0 Å². The van der Waals surface area contributed by atoms with E-state index < -0.39 is 22.2 Å². The molecule has 0 aliphatic rings. The van der Waals surface area contributed by atoms with Crippen LogP contribution in [0.5, 0.6) is 0 Å². The summed E-state index contributed by atoms with van der Waals surface area (Å²) in [5.74, 6) is -1.31. The molecule has 2 N–H and O–H groups in total. The van der Waals surface area contributed by atoms with Gasteiger partial charge in [-0.3, -0.25) is 4.79 Å². The molecule has 0 aromatic heterocycles. The Hall–Kier alpha value is -1.99. The highest BCUT2D eigenvalue weighted by molar-refractivity contribution is 7.87. The van der Waals surface area contributed by atoms with E-state index in [4.69, 9.17) is 10.00 Å². The molecule has 1 rings (SSSR count). The minimum absolute atomic E-state index is 0.00625. The first-order chi connectivity index (χ1) is 10.9. The predicted octanol–water partition coefficient (Wildman–Crippen LogP) is 0.509. The van der Waals surface area contributed by atoms with Gasteiger partial charge in [0.05, 0.1) is 12.7 Å². The van der Waals surface area contributed by atoms with Gasteiger partial charge in [-0.2, -0.15) is 22.7 Å². The van der Waals surface area contributed by atoms with E-state index in [1.807, 2.05) is 6.07 Å². The number of hydrogen-bond donors (Lipinski definition) is 2. The van der Waals surface area contributed by atoms with Crippen LogP contribution in [0.25, 0.3) is 0 Å². The number of hydrogen-bond acceptors (Lipinski definition) is 5. The highest BCUT2D eigenvalue weighted by Gasteiger charge is 2.29. The van der Waals surface area contributed by atoms with Crippen LogP contribution in [-0.4, -0.2) is 50.6 Å². The molecule has 0 spiro atoms. The van der Waals surface area contributed by atoms with E-state index in [0.29, 0.717) is 5.56 Å². The van der Waals surface area contributed by atoms with Crippen molar-refractivity contribution >= 4 is 16.2 Å². The fourth-order valence-electron chi connectivity index (χ4n) is 1.85. The maximum Gasteiger partial charge on any atom is 0.326 e. The molecule has 0 unspecified atom stereocenters. The molecular formula is C14H19N3O5S. The highest BCUT2D eigenvalue weighted by atomic mass is 32.2. The maximum absolute atomic E-state index is 12.4. The van der Waals surface area contributed by atoms with Crippen LogP contribution in [0, 0.1) is 11.3 Å². The van der Waals surface area contributed by atoms with Gasteiger partial charge in [-0.25, -0.2) is 0 Å². The van der Waals surface area contributed by atoms with E-state index in [1.54, 1.807) is 18.2 Å². The van der Waals surface area contributed by atoms with Crippen LogP contribution in [0.1, 0.15) is 18.0 Å². The van der Waals surface area contributed by atoms with Crippen molar-refractivity contribution in [2.45, 2.75) is 12.5 Å². The molecule has 0 bridgehead atoms. The lowest BCUT2D eigenvalue weighted by molar-refractivity contribution is -0.139. The van der Waals surface area contributed by atoms with Crippen LogP contribution in [-0.2, 0) is 19.7 Å². The van der Waals surface area contributed by atoms with E-state index in [1.165, 1.54) is 19.2 Å². The average Bonchev–Trinajstić information content (AvgIpc) is 2.53. The molecule has 23 heavy (non-hydrogen) atoms. The number of carbonyl (C=O) groups is 1. The second-order valence-corrected chi connectivity index (χ2v) is 6.31.